The van der Waals surface area contributed by atoms with Crippen molar-refractivity contribution in [1.29, 1.82) is 0 Å². The van der Waals surface area contributed by atoms with Gasteiger partial charge in [0.05, 0.1) is 8.65 Å². The van der Waals surface area contributed by atoms with E-state index in [-0.39, 0.29) is 11.6 Å². The van der Waals surface area contributed by atoms with Gasteiger partial charge in [0.2, 0.25) is 0 Å². The number of halogens is 2. The Morgan fingerprint density at radius 3 is 2.08 bits per heavy atom. The van der Waals surface area contributed by atoms with Gasteiger partial charge in [0.25, 0.3) is 0 Å². The van der Waals surface area contributed by atoms with Crippen LogP contribution in [0.5, 0.6) is 0 Å². The highest BCUT2D eigenvalue weighted by Crippen LogP contribution is 2.50. The van der Waals surface area contributed by atoms with E-state index in [4.69, 9.17) is 0 Å². The molecule has 1 aliphatic rings. The van der Waals surface area contributed by atoms with Crippen molar-refractivity contribution < 1.29 is 9.59 Å². The summed E-state index contributed by atoms with van der Waals surface area (Å²) in [6.07, 6.45) is 0. The van der Waals surface area contributed by atoms with Crippen molar-refractivity contribution in [3.63, 3.8) is 0 Å². The molecular weight excluding hydrogens is 496 g/mol. The molecule has 3 rings (SSSR count). The quantitative estimate of drug-likeness (QED) is 0.277. The molecule has 0 saturated heterocycles. The van der Waals surface area contributed by atoms with E-state index in [0.29, 0.717) is 5.56 Å². The highest BCUT2D eigenvalue weighted by Gasteiger charge is 2.31. The first-order chi connectivity index (χ1) is 12.0. The summed E-state index contributed by atoms with van der Waals surface area (Å²) in [6, 6.07) is 11.6. The van der Waals surface area contributed by atoms with Crippen LogP contribution in [-0.2, 0) is 0 Å². The van der Waals surface area contributed by atoms with Crippen LogP contribution in [0.1, 0.15) is 48.4 Å². The molecule has 0 radical (unpaired) electrons. The van der Waals surface area contributed by atoms with Crippen LogP contribution in [0, 0.1) is 0 Å². The lowest BCUT2D eigenvalue weighted by Crippen LogP contribution is -2.25. The van der Waals surface area contributed by atoms with E-state index >= 15 is 0 Å². The summed E-state index contributed by atoms with van der Waals surface area (Å²) in [4.78, 5) is 29.5. The van der Waals surface area contributed by atoms with Crippen LogP contribution >= 0.6 is 55.4 Å². The second-order valence-corrected chi connectivity index (χ2v) is 13.2. The third kappa shape index (κ3) is 3.98. The largest absolute Gasteiger partial charge is 0.293 e. The minimum atomic E-state index is -0.606. The van der Waals surface area contributed by atoms with E-state index in [2.05, 4.69) is 31.9 Å². The number of ketones is 2. The van der Waals surface area contributed by atoms with Crippen LogP contribution in [-0.4, -0.2) is 20.2 Å². The third-order valence-corrected chi connectivity index (χ3v) is 7.26. The lowest BCUT2D eigenvalue weighted by Gasteiger charge is -2.24. The molecule has 26 heavy (non-hydrogen) atoms. The predicted molar refractivity (Wildman–Crippen MR) is 116 cm³/mol. The number of rotatable bonds is 4. The molecule has 0 atom stereocenters. The first-order valence-corrected chi connectivity index (χ1v) is 11.3. The van der Waals surface area contributed by atoms with Crippen molar-refractivity contribution in [3.8, 4) is 0 Å². The molecule has 0 aliphatic carbocycles. The van der Waals surface area contributed by atoms with Gasteiger partial charge in [0.1, 0.15) is 0 Å². The summed E-state index contributed by atoms with van der Waals surface area (Å²) < 4.78 is -1.20. The molecule has 136 valence electrons. The van der Waals surface area contributed by atoms with Crippen LogP contribution in [0.25, 0.3) is 0 Å². The van der Waals surface area contributed by atoms with E-state index in [0.717, 1.165) is 25.1 Å². The van der Waals surface area contributed by atoms with E-state index in [1.807, 2.05) is 64.1 Å². The number of Topliss-reactive ketones (excluding diaryl/α,β-unsaturated/α-hetero) is 2. The molecule has 2 nitrogen and oxygen atoms in total. The standard InChI is InChI=1S/C20H18Br2O2S2/c1-19(2,21)17(23)11-8-9-13-15(10-11)25-14-7-5-6-12(16(14)26-13)18(24)20(3,4)22/h5-10H,1-4H3. The average Bonchev–Trinajstić information content (AvgIpc) is 2.56. The molecule has 0 amide bonds. The van der Waals surface area contributed by atoms with Crippen molar-refractivity contribution in [3.05, 3.63) is 47.5 Å². The average molecular weight is 514 g/mol. The smallest absolute Gasteiger partial charge is 0.180 e. The molecule has 0 saturated carbocycles. The summed E-state index contributed by atoms with van der Waals surface area (Å²) in [5.74, 6) is 0.125. The molecule has 0 fully saturated rings. The number of fused-ring (bicyclic) bond motifs is 2. The summed E-state index contributed by atoms with van der Waals surface area (Å²) >= 11 is 10.1. The molecule has 0 bridgehead atoms. The van der Waals surface area contributed by atoms with Crippen LogP contribution in [0.3, 0.4) is 0 Å². The zero-order valence-electron chi connectivity index (χ0n) is 14.9. The van der Waals surface area contributed by atoms with Gasteiger partial charge in [-0.15, -0.1) is 0 Å². The van der Waals surface area contributed by atoms with Crippen molar-refractivity contribution in [2.45, 2.75) is 55.9 Å². The van der Waals surface area contributed by atoms with Gasteiger partial charge in [-0.1, -0.05) is 73.6 Å². The van der Waals surface area contributed by atoms with Gasteiger partial charge in [0, 0.05) is 30.7 Å². The monoisotopic (exact) mass is 512 g/mol. The van der Waals surface area contributed by atoms with Gasteiger partial charge in [-0.25, -0.2) is 0 Å². The Bertz CT molecular complexity index is 909. The van der Waals surface area contributed by atoms with E-state index < -0.39 is 8.65 Å². The van der Waals surface area contributed by atoms with E-state index in [1.165, 1.54) is 0 Å². The summed E-state index contributed by atoms with van der Waals surface area (Å²) in [5, 5.41) is 0. The van der Waals surface area contributed by atoms with E-state index in [9.17, 15) is 9.59 Å². The minimum Gasteiger partial charge on any atom is -0.293 e. The molecule has 0 aromatic heterocycles. The molecule has 1 heterocycles. The second kappa shape index (κ2) is 7.12. The molecular formula is C20H18Br2O2S2. The zero-order valence-corrected chi connectivity index (χ0v) is 19.7. The Labute approximate surface area is 179 Å². The molecule has 6 heteroatoms. The van der Waals surface area contributed by atoms with Gasteiger partial charge in [-0.2, -0.15) is 0 Å². The van der Waals surface area contributed by atoms with Crippen molar-refractivity contribution in [1.82, 2.24) is 0 Å². The normalized spacial score (nSPS) is 13.8. The SMILES string of the molecule is CC(C)(Br)C(=O)c1ccc2c(c1)Sc1cccc(C(=O)C(C)(C)Br)c1S2. The number of carbonyl (C=O) groups excluding carboxylic acids is 2. The number of alkyl halides is 2. The minimum absolute atomic E-state index is 0.0571. The zero-order chi connectivity index (χ0) is 19.3. The van der Waals surface area contributed by atoms with Crippen molar-refractivity contribution >= 4 is 67.0 Å². The predicted octanol–water partition coefficient (Wildman–Crippen LogP) is 7.01. The van der Waals surface area contributed by atoms with E-state index in [1.54, 1.807) is 23.5 Å². The van der Waals surface area contributed by atoms with Crippen molar-refractivity contribution in [2.75, 3.05) is 0 Å². The molecule has 2 aromatic rings. The Hall–Kier alpha value is -0.560. The third-order valence-electron chi connectivity index (χ3n) is 3.94. The maximum Gasteiger partial charge on any atom is 0.180 e. The van der Waals surface area contributed by atoms with Gasteiger partial charge >= 0.3 is 0 Å². The fourth-order valence-electron chi connectivity index (χ4n) is 2.59. The van der Waals surface area contributed by atoms with Gasteiger partial charge in [0.15, 0.2) is 11.6 Å². The maximum absolute atomic E-state index is 12.8. The first-order valence-electron chi connectivity index (χ1n) is 8.08. The van der Waals surface area contributed by atoms with Crippen LogP contribution in [0.4, 0.5) is 0 Å². The Morgan fingerprint density at radius 1 is 0.808 bits per heavy atom. The first kappa shape index (κ1) is 20.2. The highest BCUT2D eigenvalue weighted by molar-refractivity contribution is 9.10. The molecule has 0 N–H and O–H groups in total. The summed E-state index contributed by atoms with van der Waals surface area (Å²) in [5.41, 5.74) is 1.42. The molecule has 0 unspecified atom stereocenters. The maximum atomic E-state index is 12.8. The lowest BCUT2D eigenvalue weighted by atomic mass is 10.0. The van der Waals surface area contributed by atoms with Crippen molar-refractivity contribution in [2.24, 2.45) is 0 Å². The number of carbonyl (C=O) groups is 2. The Morgan fingerprint density at radius 2 is 1.46 bits per heavy atom. The Kier molecular flexibility index (Phi) is 5.52. The lowest BCUT2D eigenvalue weighted by molar-refractivity contribution is 0.0952. The summed E-state index contributed by atoms with van der Waals surface area (Å²) in [7, 11) is 0. The van der Waals surface area contributed by atoms with Crippen LogP contribution < -0.4 is 0 Å². The number of hydrogen-bond donors (Lipinski definition) is 0. The molecule has 2 aromatic carbocycles. The Balaban J connectivity index is 2.00. The summed E-state index contributed by atoms with van der Waals surface area (Å²) in [6.45, 7) is 7.43. The molecule has 1 aliphatic heterocycles. The number of benzene rings is 2. The van der Waals surface area contributed by atoms with Gasteiger partial charge in [-0.3, -0.25) is 9.59 Å². The van der Waals surface area contributed by atoms with Gasteiger partial charge in [-0.05, 0) is 45.9 Å². The number of hydrogen-bond acceptors (Lipinski definition) is 4. The second-order valence-electron chi connectivity index (χ2n) is 7.10. The topological polar surface area (TPSA) is 34.1 Å². The van der Waals surface area contributed by atoms with Gasteiger partial charge < -0.3 is 0 Å². The fourth-order valence-corrected chi connectivity index (χ4v) is 5.42. The highest BCUT2D eigenvalue weighted by atomic mass is 79.9. The van der Waals surface area contributed by atoms with Crippen LogP contribution in [0.15, 0.2) is 56.0 Å². The molecule has 0 spiro atoms. The van der Waals surface area contributed by atoms with Crippen LogP contribution in [0.2, 0.25) is 0 Å². The fraction of sp³-hybridized carbons (Fsp3) is 0.300.